The molecule has 4 nitrogen and oxygen atoms in total. The van der Waals surface area contributed by atoms with Gasteiger partial charge in [-0.3, -0.25) is 9.69 Å². The number of carbonyl (C=O) groups excluding carboxylic acids is 1. The minimum atomic E-state index is 0.217. The zero-order chi connectivity index (χ0) is 16.2. The minimum absolute atomic E-state index is 0.217. The fraction of sp³-hybridized carbons (Fsp3) is 0.722. The van der Waals surface area contributed by atoms with Crippen LogP contribution in [0, 0.1) is 0 Å². The van der Waals surface area contributed by atoms with Crippen molar-refractivity contribution < 1.29 is 9.90 Å². The molecule has 2 aliphatic heterocycles. The van der Waals surface area contributed by atoms with Gasteiger partial charge in [0.05, 0.1) is 12.6 Å². The van der Waals surface area contributed by atoms with Gasteiger partial charge in [0, 0.05) is 24.1 Å². The Labute approximate surface area is 143 Å². The summed E-state index contributed by atoms with van der Waals surface area (Å²) in [4.78, 5) is 18.8. The van der Waals surface area contributed by atoms with Crippen molar-refractivity contribution in [2.75, 3.05) is 26.2 Å². The van der Waals surface area contributed by atoms with Crippen molar-refractivity contribution in [3.63, 3.8) is 0 Å². The quantitative estimate of drug-likeness (QED) is 0.899. The summed E-state index contributed by atoms with van der Waals surface area (Å²) in [6.45, 7) is 4.75. The molecule has 1 aromatic rings. The second kappa shape index (κ2) is 7.77. The van der Waals surface area contributed by atoms with E-state index in [4.69, 9.17) is 0 Å². The number of aliphatic hydroxyl groups excluding tert-OH is 1. The van der Waals surface area contributed by atoms with Gasteiger partial charge in [0.15, 0.2) is 0 Å². The molecule has 1 aromatic heterocycles. The van der Waals surface area contributed by atoms with Gasteiger partial charge in [-0.25, -0.2) is 0 Å². The van der Waals surface area contributed by atoms with Gasteiger partial charge >= 0.3 is 0 Å². The first-order valence-electron chi connectivity index (χ1n) is 8.95. The molecule has 2 aliphatic rings. The number of aliphatic hydroxyl groups is 1. The van der Waals surface area contributed by atoms with Gasteiger partial charge in [-0.1, -0.05) is 13.3 Å². The van der Waals surface area contributed by atoms with Gasteiger partial charge in [-0.05, 0) is 55.7 Å². The number of carbonyl (C=O) groups is 1. The number of hydrogen-bond donors (Lipinski definition) is 1. The van der Waals surface area contributed by atoms with Gasteiger partial charge in [-0.2, -0.15) is 0 Å². The highest BCUT2D eigenvalue weighted by atomic mass is 32.1. The highest BCUT2D eigenvalue weighted by molar-refractivity contribution is 7.10. The molecule has 3 rings (SSSR count). The lowest BCUT2D eigenvalue weighted by molar-refractivity contribution is -0.136. The normalized spacial score (nSPS) is 25.4. The maximum atomic E-state index is 12.9. The Morgan fingerprint density at radius 2 is 2.26 bits per heavy atom. The summed E-state index contributed by atoms with van der Waals surface area (Å²) in [5.41, 5.74) is 1.36. The molecule has 1 fully saturated rings. The van der Waals surface area contributed by atoms with Crippen molar-refractivity contribution in [3.8, 4) is 0 Å². The third kappa shape index (κ3) is 3.62. The Balaban J connectivity index is 1.67. The molecule has 0 radical (unpaired) electrons. The highest BCUT2D eigenvalue weighted by Gasteiger charge is 2.32. The summed E-state index contributed by atoms with van der Waals surface area (Å²) in [5, 5.41) is 11.4. The van der Waals surface area contributed by atoms with Crippen LogP contribution in [0.1, 0.15) is 55.5 Å². The Hall–Kier alpha value is -0.910. The fourth-order valence-corrected chi connectivity index (χ4v) is 5.07. The lowest BCUT2D eigenvalue weighted by Crippen LogP contribution is -2.49. The van der Waals surface area contributed by atoms with Crippen molar-refractivity contribution in [2.45, 2.75) is 57.5 Å². The number of amides is 1. The molecule has 2 unspecified atom stereocenters. The van der Waals surface area contributed by atoms with Crippen molar-refractivity contribution in [1.29, 1.82) is 0 Å². The van der Waals surface area contributed by atoms with Gasteiger partial charge in [0.2, 0.25) is 5.91 Å². The van der Waals surface area contributed by atoms with Crippen molar-refractivity contribution in [3.05, 3.63) is 21.9 Å². The average molecular weight is 337 g/mol. The van der Waals surface area contributed by atoms with Crippen LogP contribution in [0.2, 0.25) is 0 Å². The summed E-state index contributed by atoms with van der Waals surface area (Å²) in [7, 11) is 0. The first-order valence-corrected chi connectivity index (χ1v) is 9.83. The van der Waals surface area contributed by atoms with Gasteiger partial charge < -0.3 is 10.0 Å². The monoisotopic (exact) mass is 336 g/mol. The second-order valence-electron chi connectivity index (χ2n) is 6.69. The fourth-order valence-electron chi connectivity index (χ4n) is 4.14. The van der Waals surface area contributed by atoms with Gasteiger partial charge in [0.25, 0.3) is 0 Å². The van der Waals surface area contributed by atoms with Crippen LogP contribution >= 0.6 is 11.3 Å². The van der Waals surface area contributed by atoms with Crippen LogP contribution in [0.4, 0.5) is 0 Å². The molecule has 0 spiro atoms. The Bertz CT molecular complexity index is 529. The first-order chi connectivity index (χ1) is 11.2. The van der Waals surface area contributed by atoms with E-state index < -0.39 is 0 Å². The zero-order valence-electron chi connectivity index (χ0n) is 14.0. The number of piperidine rings is 1. The third-order valence-electron chi connectivity index (χ3n) is 5.35. The van der Waals surface area contributed by atoms with Crippen LogP contribution in [0.25, 0.3) is 0 Å². The number of thiophene rings is 1. The Morgan fingerprint density at radius 3 is 3.04 bits per heavy atom. The molecular weight excluding hydrogens is 308 g/mol. The van der Waals surface area contributed by atoms with E-state index in [-0.39, 0.29) is 18.6 Å². The highest BCUT2D eigenvalue weighted by Crippen LogP contribution is 2.35. The molecule has 1 saturated heterocycles. The standard InChI is InChI=1S/C18H28N2O2S/c1-2-16-15-8-12-23-17(15)6-10-20(16)18(22)13-19-9-4-3-5-14(19)7-11-21/h8,12,14,16,21H,2-7,9-11,13H2,1H3. The van der Waals surface area contributed by atoms with E-state index in [2.05, 4.69) is 28.2 Å². The maximum absolute atomic E-state index is 12.9. The molecule has 1 amide bonds. The van der Waals surface area contributed by atoms with Crippen LogP contribution in [-0.2, 0) is 11.2 Å². The van der Waals surface area contributed by atoms with E-state index in [1.54, 1.807) is 0 Å². The zero-order valence-corrected chi connectivity index (χ0v) is 14.9. The summed E-state index contributed by atoms with van der Waals surface area (Å²) in [6, 6.07) is 2.82. The largest absolute Gasteiger partial charge is 0.396 e. The van der Waals surface area contributed by atoms with E-state index >= 15 is 0 Å². The molecule has 0 aromatic carbocycles. The van der Waals surface area contributed by atoms with Gasteiger partial charge in [-0.15, -0.1) is 11.3 Å². The number of likely N-dealkylation sites (tertiary alicyclic amines) is 1. The molecule has 5 heteroatoms. The summed E-state index contributed by atoms with van der Waals surface area (Å²) >= 11 is 1.82. The number of fused-ring (bicyclic) bond motifs is 1. The predicted molar refractivity (Wildman–Crippen MR) is 93.7 cm³/mol. The van der Waals surface area contributed by atoms with E-state index in [9.17, 15) is 9.90 Å². The molecule has 23 heavy (non-hydrogen) atoms. The van der Waals surface area contributed by atoms with E-state index in [0.29, 0.717) is 12.6 Å². The Kier molecular flexibility index (Phi) is 5.72. The molecular formula is C18H28N2O2S. The number of hydrogen-bond acceptors (Lipinski definition) is 4. The van der Waals surface area contributed by atoms with Crippen LogP contribution in [0.5, 0.6) is 0 Å². The summed E-state index contributed by atoms with van der Waals surface area (Å²) < 4.78 is 0. The molecule has 1 N–H and O–H groups in total. The molecule has 0 aliphatic carbocycles. The van der Waals surface area contributed by atoms with Crippen molar-refractivity contribution in [1.82, 2.24) is 9.80 Å². The lowest BCUT2D eigenvalue weighted by Gasteiger charge is -2.39. The maximum Gasteiger partial charge on any atom is 0.237 e. The van der Waals surface area contributed by atoms with Gasteiger partial charge in [0.1, 0.15) is 0 Å². The topological polar surface area (TPSA) is 43.8 Å². The van der Waals surface area contributed by atoms with Crippen molar-refractivity contribution in [2.24, 2.45) is 0 Å². The smallest absolute Gasteiger partial charge is 0.237 e. The molecule has 0 bridgehead atoms. The second-order valence-corrected chi connectivity index (χ2v) is 7.69. The van der Waals surface area contributed by atoms with Crippen LogP contribution < -0.4 is 0 Å². The van der Waals surface area contributed by atoms with Crippen LogP contribution in [-0.4, -0.2) is 53.1 Å². The van der Waals surface area contributed by atoms with E-state index in [1.807, 2.05) is 11.3 Å². The third-order valence-corrected chi connectivity index (χ3v) is 6.35. The Morgan fingerprint density at radius 1 is 1.39 bits per heavy atom. The minimum Gasteiger partial charge on any atom is -0.396 e. The molecule has 0 saturated carbocycles. The molecule has 3 heterocycles. The first kappa shape index (κ1) is 16.9. The van der Waals surface area contributed by atoms with Crippen molar-refractivity contribution >= 4 is 17.2 Å². The van der Waals surface area contributed by atoms with E-state index in [0.717, 1.165) is 38.8 Å². The molecule has 128 valence electrons. The summed E-state index contributed by atoms with van der Waals surface area (Å²) in [5.74, 6) is 0.263. The van der Waals surface area contributed by atoms with E-state index in [1.165, 1.54) is 23.3 Å². The SMILES string of the molecule is CCC1c2ccsc2CCN1C(=O)CN1CCCCC1CCO. The average Bonchev–Trinajstić information content (AvgIpc) is 3.04. The van der Waals surface area contributed by atoms with Crippen LogP contribution in [0.3, 0.4) is 0 Å². The lowest BCUT2D eigenvalue weighted by atomic mass is 9.97. The summed E-state index contributed by atoms with van der Waals surface area (Å²) in [6.07, 6.45) is 6.26. The van der Waals surface area contributed by atoms with Crippen LogP contribution in [0.15, 0.2) is 11.4 Å². The molecule has 2 atom stereocenters. The number of rotatable bonds is 5. The number of nitrogens with zero attached hydrogens (tertiary/aromatic N) is 2. The predicted octanol–water partition coefficient (Wildman–Crippen LogP) is 2.82.